The molecule has 1 aliphatic carbocycles. The molecule has 0 unspecified atom stereocenters. The van der Waals surface area contributed by atoms with Crippen LogP contribution in [0.5, 0.6) is 0 Å². The molecule has 0 aliphatic heterocycles. The quantitative estimate of drug-likeness (QED) is 0.794. The standard InChI is InChI=1S/C18H20FNO2/c19-16-8-4-2-6-14(16)17(22)11-20-18(12-21)10-9-13-5-1-3-7-15(13)18/h1-8,17,20-22H,9-12H2/t17-,18-/m0/s1. The monoisotopic (exact) mass is 301 g/mol. The zero-order valence-electron chi connectivity index (χ0n) is 12.3. The van der Waals surface area contributed by atoms with E-state index in [0.29, 0.717) is 0 Å². The summed E-state index contributed by atoms with van der Waals surface area (Å²) < 4.78 is 13.7. The molecular formula is C18H20FNO2. The molecule has 2 aromatic rings. The number of benzene rings is 2. The van der Waals surface area contributed by atoms with Gasteiger partial charge in [0.05, 0.1) is 18.2 Å². The lowest BCUT2D eigenvalue weighted by molar-refractivity contribution is 0.117. The molecule has 1 aliphatic rings. The van der Waals surface area contributed by atoms with Crippen LogP contribution in [0.1, 0.15) is 29.2 Å². The van der Waals surface area contributed by atoms with Crippen molar-refractivity contribution in [3.05, 3.63) is 71.0 Å². The zero-order valence-corrected chi connectivity index (χ0v) is 12.3. The van der Waals surface area contributed by atoms with Gasteiger partial charge in [0.2, 0.25) is 0 Å². The molecule has 2 aromatic carbocycles. The SMILES string of the molecule is OC[C@@]1(NC[C@H](O)c2ccccc2F)CCc2ccccc21. The summed E-state index contributed by atoms with van der Waals surface area (Å²) >= 11 is 0. The lowest BCUT2D eigenvalue weighted by Gasteiger charge is -2.31. The van der Waals surface area contributed by atoms with E-state index >= 15 is 0 Å². The van der Waals surface area contributed by atoms with Gasteiger partial charge in [0, 0.05) is 12.1 Å². The van der Waals surface area contributed by atoms with E-state index in [-0.39, 0.29) is 18.7 Å². The van der Waals surface area contributed by atoms with E-state index in [1.165, 1.54) is 11.6 Å². The van der Waals surface area contributed by atoms with Crippen LogP contribution in [-0.2, 0) is 12.0 Å². The Kier molecular flexibility index (Phi) is 4.25. The van der Waals surface area contributed by atoms with Gasteiger partial charge in [0.1, 0.15) is 5.82 Å². The number of fused-ring (bicyclic) bond motifs is 1. The van der Waals surface area contributed by atoms with Crippen molar-refractivity contribution < 1.29 is 14.6 Å². The van der Waals surface area contributed by atoms with Crippen molar-refractivity contribution in [1.82, 2.24) is 5.32 Å². The molecule has 3 nitrogen and oxygen atoms in total. The number of aliphatic hydroxyl groups is 2. The molecule has 0 saturated heterocycles. The molecule has 3 rings (SSSR count). The van der Waals surface area contributed by atoms with Crippen LogP contribution in [0.4, 0.5) is 4.39 Å². The third kappa shape index (κ3) is 2.65. The van der Waals surface area contributed by atoms with E-state index in [4.69, 9.17) is 0 Å². The highest BCUT2D eigenvalue weighted by Gasteiger charge is 2.38. The Labute approximate surface area is 129 Å². The summed E-state index contributed by atoms with van der Waals surface area (Å²) in [4.78, 5) is 0. The summed E-state index contributed by atoms with van der Waals surface area (Å²) in [7, 11) is 0. The first-order valence-corrected chi connectivity index (χ1v) is 7.53. The number of nitrogens with one attached hydrogen (secondary N) is 1. The summed E-state index contributed by atoms with van der Waals surface area (Å²) in [6, 6.07) is 14.2. The topological polar surface area (TPSA) is 52.5 Å². The largest absolute Gasteiger partial charge is 0.394 e. The molecule has 0 spiro atoms. The van der Waals surface area contributed by atoms with Crippen LogP contribution in [0.3, 0.4) is 0 Å². The molecule has 0 bridgehead atoms. The average Bonchev–Trinajstić information content (AvgIpc) is 2.93. The summed E-state index contributed by atoms with van der Waals surface area (Å²) in [5.41, 5.74) is 2.00. The van der Waals surface area contributed by atoms with Crippen molar-refractivity contribution >= 4 is 0 Å². The molecule has 4 heteroatoms. The molecule has 0 radical (unpaired) electrons. The average molecular weight is 301 g/mol. The molecule has 0 saturated carbocycles. The van der Waals surface area contributed by atoms with Crippen molar-refractivity contribution in [3.8, 4) is 0 Å². The summed E-state index contributed by atoms with van der Waals surface area (Å²) in [6.45, 7) is 0.143. The lowest BCUT2D eigenvalue weighted by atomic mass is 9.92. The minimum atomic E-state index is -0.947. The van der Waals surface area contributed by atoms with E-state index in [0.717, 1.165) is 18.4 Å². The fourth-order valence-corrected chi connectivity index (χ4v) is 3.24. The highest BCUT2D eigenvalue weighted by atomic mass is 19.1. The molecule has 22 heavy (non-hydrogen) atoms. The number of aliphatic hydroxyl groups excluding tert-OH is 2. The van der Waals surface area contributed by atoms with Crippen molar-refractivity contribution in [2.24, 2.45) is 0 Å². The Morgan fingerprint density at radius 3 is 2.64 bits per heavy atom. The normalized spacial score (nSPS) is 21.6. The van der Waals surface area contributed by atoms with E-state index < -0.39 is 17.5 Å². The molecule has 0 heterocycles. The molecule has 0 aromatic heterocycles. The fourth-order valence-electron chi connectivity index (χ4n) is 3.24. The fraction of sp³-hybridized carbons (Fsp3) is 0.333. The van der Waals surface area contributed by atoms with Crippen LogP contribution in [0, 0.1) is 5.82 Å². The van der Waals surface area contributed by atoms with E-state index in [2.05, 4.69) is 11.4 Å². The van der Waals surface area contributed by atoms with Crippen LogP contribution in [0.2, 0.25) is 0 Å². The van der Waals surface area contributed by atoms with Gasteiger partial charge in [-0.1, -0.05) is 42.5 Å². The van der Waals surface area contributed by atoms with Crippen LogP contribution < -0.4 is 5.32 Å². The summed E-state index contributed by atoms with van der Waals surface area (Å²) in [6.07, 6.45) is 0.712. The van der Waals surface area contributed by atoms with E-state index in [1.807, 2.05) is 18.2 Å². The lowest BCUT2D eigenvalue weighted by Crippen LogP contribution is -2.45. The van der Waals surface area contributed by atoms with Crippen molar-refractivity contribution in [1.29, 1.82) is 0 Å². The van der Waals surface area contributed by atoms with Gasteiger partial charge in [-0.25, -0.2) is 4.39 Å². The highest BCUT2D eigenvalue weighted by Crippen LogP contribution is 2.36. The molecule has 3 N–H and O–H groups in total. The van der Waals surface area contributed by atoms with Gasteiger partial charge in [-0.15, -0.1) is 0 Å². The van der Waals surface area contributed by atoms with Gasteiger partial charge in [-0.2, -0.15) is 0 Å². The van der Waals surface area contributed by atoms with Crippen LogP contribution in [0.15, 0.2) is 48.5 Å². The third-order valence-corrected chi connectivity index (χ3v) is 4.52. The minimum Gasteiger partial charge on any atom is -0.394 e. The number of aryl methyl sites for hydroxylation is 1. The smallest absolute Gasteiger partial charge is 0.129 e. The highest BCUT2D eigenvalue weighted by molar-refractivity contribution is 5.39. The van der Waals surface area contributed by atoms with E-state index in [9.17, 15) is 14.6 Å². The second kappa shape index (κ2) is 6.16. The first-order valence-electron chi connectivity index (χ1n) is 7.53. The maximum atomic E-state index is 13.7. The van der Waals surface area contributed by atoms with Gasteiger partial charge >= 0.3 is 0 Å². The molecule has 0 fully saturated rings. The number of halogens is 1. The predicted octanol–water partition coefficient (Wildman–Crippen LogP) is 2.28. The third-order valence-electron chi connectivity index (χ3n) is 4.52. The Bertz CT molecular complexity index is 661. The second-order valence-corrected chi connectivity index (χ2v) is 5.82. The van der Waals surface area contributed by atoms with Gasteiger partial charge in [0.15, 0.2) is 0 Å². The molecule has 116 valence electrons. The Morgan fingerprint density at radius 2 is 1.86 bits per heavy atom. The maximum absolute atomic E-state index is 13.7. The summed E-state index contributed by atoms with van der Waals surface area (Å²) in [5.74, 6) is -0.415. The Balaban J connectivity index is 1.77. The number of hydrogen-bond donors (Lipinski definition) is 3. The van der Waals surface area contributed by atoms with Gasteiger partial charge in [-0.3, -0.25) is 0 Å². The molecular weight excluding hydrogens is 281 g/mol. The number of rotatable bonds is 5. The van der Waals surface area contributed by atoms with Crippen molar-refractivity contribution in [2.75, 3.05) is 13.2 Å². The first-order chi connectivity index (χ1) is 10.7. The van der Waals surface area contributed by atoms with Crippen LogP contribution in [-0.4, -0.2) is 23.4 Å². The van der Waals surface area contributed by atoms with Gasteiger partial charge in [0.25, 0.3) is 0 Å². The maximum Gasteiger partial charge on any atom is 0.129 e. The molecule has 2 atom stereocenters. The Hall–Kier alpha value is -1.75. The predicted molar refractivity (Wildman–Crippen MR) is 82.9 cm³/mol. The second-order valence-electron chi connectivity index (χ2n) is 5.82. The van der Waals surface area contributed by atoms with Crippen molar-refractivity contribution in [2.45, 2.75) is 24.5 Å². The van der Waals surface area contributed by atoms with Crippen LogP contribution in [0.25, 0.3) is 0 Å². The minimum absolute atomic E-state index is 0.0476. The van der Waals surface area contributed by atoms with Gasteiger partial charge < -0.3 is 15.5 Å². The van der Waals surface area contributed by atoms with Crippen LogP contribution >= 0.6 is 0 Å². The first kappa shape index (κ1) is 15.2. The van der Waals surface area contributed by atoms with Gasteiger partial charge in [-0.05, 0) is 30.0 Å². The van der Waals surface area contributed by atoms with E-state index in [1.54, 1.807) is 18.2 Å². The number of hydrogen-bond acceptors (Lipinski definition) is 3. The van der Waals surface area contributed by atoms with Crippen molar-refractivity contribution in [3.63, 3.8) is 0 Å². The molecule has 0 amide bonds. The Morgan fingerprint density at radius 1 is 1.14 bits per heavy atom. The summed E-state index contributed by atoms with van der Waals surface area (Å²) in [5, 5.41) is 23.4. The zero-order chi connectivity index (χ0) is 15.6.